The summed E-state index contributed by atoms with van der Waals surface area (Å²) in [5, 5.41) is 0. The summed E-state index contributed by atoms with van der Waals surface area (Å²) < 4.78 is 5.55. The van der Waals surface area contributed by atoms with Crippen molar-refractivity contribution in [2.75, 3.05) is 7.11 Å². The van der Waals surface area contributed by atoms with Gasteiger partial charge in [0.05, 0.1) is 13.5 Å². The van der Waals surface area contributed by atoms with Gasteiger partial charge in [0.15, 0.2) is 0 Å². The van der Waals surface area contributed by atoms with Crippen LogP contribution in [0.3, 0.4) is 0 Å². The van der Waals surface area contributed by atoms with Crippen molar-refractivity contribution in [1.29, 1.82) is 0 Å². The second-order valence-corrected chi connectivity index (χ2v) is 3.65. The van der Waals surface area contributed by atoms with Crippen molar-refractivity contribution in [3.63, 3.8) is 0 Å². The van der Waals surface area contributed by atoms with Gasteiger partial charge in [-0.1, -0.05) is 40.2 Å². The third-order valence-corrected chi connectivity index (χ3v) is 2.22. The molecule has 0 aliphatic heterocycles. The normalized spacial score (nSPS) is 10.4. The van der Waals surface area contributed by atoms with Crippen LogP contribution in [-0.4, -0.2) is 13.1 Å². The van der Waals surface area contributed by atoms with Gasteiger partial charge in [0.25, 0.3) is 0 Å². The molecular formula is C11H11BrO2. The Labute approximate surface area is 91.7 Å². The quantitative estimate of drug-likeness (QED) is 0.776. The van der Waals surface area contributed by atoms with E-state index in [4.69, 9.17) is 0 Å². The van der Waals surface area contributed by atoms with Gasteiger partial charge in [0.1, 0.15) is 0 Å². The van der Waals surface area contributed by atoms with Crippen LogP contribution in [0.15, 0.2) is 34.8 Å². The number of halogens is 1. The number of esters is 1. The summed E-state index contributed by atoms with van der Waals surface area (Å²) in [4.78, 5) is 10.8. The molecule has 0 saturated carbocycles. The summed E-state index contributed by atoms with van der Waals surface area (Å²) >= 11 is 3.35. The largest absolute Gasteiger partial charge is 0.469 e. The molecule has 0 N–H and O–H groups in total. The minimum Gasteiger partial charge on any atom is -0.469 e. The van der Waals surface area contributed by atoms with Crippen LogP contribution in [0.5, 0.6) is 0 Å². The molecule has 0 aliphatic carbocycles. The first-order chi connectivity index (χ1) is 6.72. The molecule has 0 spiro atoms. The Morgan fingerprint density at radius 2 is 2.07 bits per heavy atom. The summed E-state index contributed by atoms with van der Waals surface area (Å²) in [5.74, 6) is -0.224. The van der Waals surface area contributed by atoms with Crippen LogP contribution < -0.4 is 0 Å². The van der Waals surface area contributed by atoms with Crippen molar-refractivity contribution in [3.8, 4) is 0 Å². The molecule has 1 aromatic carbocycles. The highest BCUT2D eigenvalue weighted by atomic mass is 79.9. The Kier molecular flexibility index (Phi) is 4.40. The second kappa shape index (κ2) is 5.60. The molecule has 1 aromatic rings. The molecule has 1 rings (SSSR count). The second-order valence-electron chi connectivity index (χ2n) is 2.73. The van der Waals surface area contributed by atoms with E-state index in [0.29, 0.717) is 6.42 Å². The van der Waals surface area contributed by atoms with Crippen LogP contribution in [0, 0.1) is 0 Å². The molecule has 0 unspecified atom stereocenters. The molecule has 0 atom stereocenters. The van der Waals surface area contributed by atoms with E-state index in [-0.39, 0.29) is 5.97 Å². The molecule has 2 nitrogen and oxygen atoms in total. The maximum atomic E-state index is 10.8. The van der Waals surface area contributed by atoms with Gasteiger partial charge in [0.2, 0.25) is 0 Å². The molecular weight excluding hydrogens is 244 g/mol. The van der Waals surface area contributed by atoms with Gasteiger partial charge in [-0.25, -0.2) is 0 Å². The Morgan fingerprint density at radius 1 is 1.43 bits per heavy atom. The van der Waals surface area contributed by atoms with Crippen molar-refractivity contribution < 1.29 is 9.53 Å². The zero-order chi connectivity index (χ0) is 10.4. The van der Waals surface area contributed by atoms with Crippen LogP contribution in [0.1, 0.15) is 12.0 Å². The fourth-order valence-corrected chi connectivity index (χ4v) is 1.21. The number of rotatable bonds is 3. The van der Waals surface area contributed by atoms with E-state index in [1.165, 1.54) is 7.11 Å². The van der Waals surface area contributed by atoms with Gasteiger partial charge in [-0.2, -0.15) is 0 Å². The standard InChI is InChI=1S/C11H11BrO2/c1-14-11(13)4-2-3-9-5-7-10(12)8-6-9/h2-3,5-8H,4H2,1H3. The fourth-order valence-electron chi connectivity index (χ4n) is 0.948. The lowest BCUT2D eigenvalue weighted by Crippen LogP contribution is -1.96. The molecule has 0 bridgehead atoms. The highest BCUT2D eigenvalue weighted by Crippen LogP contribution is 2.11. The molecule has 3 heteroatoms. The van der Waals surface area contributed by atoms with E-state index in [2.05, 4.69) is 20.7 Å². The Hall–Kier alpha value is -1.09. The van der Waals surface area contributed by atoms with Crippen molar-refractivity contribution >= 4 is 28.0 Å². The smallest absolute Gasteiger partial charge is 0.309 e. The third kappa shape index (κ3) is 3.75. The van der Waals surface area contributed by atoms with E-state index >= 15 is 0 Å². The number of hydrogen-bond acceptors (Lipinski definition) is 2. The number of carbonyl (C=O) groups is 1. The first-order valence-corrected chi connectivity index (χ1v) is 5.00. The van der Waals surface area contributed by atoms with E-state index in [1.54, 1.807) is 6.08 Å². The first-order valence-electron chi connectivity index (χ1n) is 4.21. The molecule has 0 heterocycles. The Morgan fingerprint density at radius 3 is 2.64 bits per heavy atom. The van der Waals surface area contributed by atoms with Crippen molar-refractivity contribution in [1.82, 2.24) is 0 Å². The molecule has 0 aromatic heterocycles. The lowest BCUT2D eigenvalue weighted by atomic mass is 10.2. The first kappa shape index (κ1) is 11.0. The highest BCUT2D eigenvalue weighted by Gasteiger charge is 1.93. The Bertz CT molecular complexity index is 328. The van der Waals surface area contributed by atoms with Crippen LogP contribution in [0.2, 0.25) is 0 Å². The molecule has 14 heavy (non-hydrogen) atoms. The minimum absolute atomic E-state index is 0.224. The molecule has 0 radical (unpaired) electrons. The maximum absolute atomic E-state index is 10.8. The van der Waals surface area contributed by atoms with Crippen molar-refractivity contribution in [2.24, 2.45) is 0 Å². The SMILES string of the molecule is COC(=O)CC=Cc1ccc(Br)cc1. The van der Waals surface area contributed by atoms with Gasteiger partial charge in [-0.3, -0.25) is 4.79 Å². The van der Waals surface area contributed by atoms with Gasteiger partial charge in [0, 0.05) is 4.47 Å². The monoisotopic (exact) mass is 254 g/mol. The van der Waals surface area contributed by atoms with Crippen molar-refractivity contribution in [3.05, 3.63) is 40.4 Å². The summed E-state index contributed by atoms with van der Waals surface area (Å²) in [5.41, 5.74) is 1.07. The van der Waals surface area contributed by atoms with E-state index in [9.17, 15) is 4.79 Å². The van der Waals surface area contributed by atoms with Gasteiger partial charge in [-0.15, -0.1) is 0 Å². The van der Waals surface area contributed by atoms with Crippen LogP contribution in [0.25, 0.3) is 6.08 Å². The molecule has 0 saturated heterocycles. The molecule has 0 fully saturated rings. The van der Waals surface area contributed by atoms with Gasteiger partial charge < -0.3 is 4.74 Å². The van der Waals surface area contributed by atoms with Gasteiger partial charge >= 0.3 is 5.97 Å². The topological polar surface area (TPSA) is 26.3 Å². The summed E-state index contributed by atoms with van der Waals surface area (Å²) in [6, 6.07) is 7.85. The highest BCUT2D eigenvalue weighted by molar-refractivity contribution is 9.10. The lowest BCUT2D eigenvalue weighted by Gasteiger charge is -1.94. The number of methoxy groups -OCH3 is 1. The van der Waals surface area contributed by atoms with E-state index < -0.39 is 0 Å². The fraction of sp³-hybridized carbons (Fsp3) is 0.182. The summed E-state index contributed by atoms with van der Waals surface area (Å²) in [6.07, 6.45) is 3.99. The number of hydrogen-bond donors (Lipinski definition) is 0. The summed E-state index contributed by atoms with van der Waals surface area (Å²) in [7, 11) is 1.38. The molecule has 0 amide bonds. The minimum atomic E-state index is -0.224. The number of benzene rings is 1. The van der Waals surface area contributed by atoms with Crippen molar-refractivity contribution in [2.45, 2.75) is 6.42 Å². The predicted octanol–water partition coefficient (Wildman–Crippen LogP) is 3.03. The number of carbonyl (C=O) groups excluding carboxylic acids is 1. The number of ether oxygens (including phenoxy) is 1. The molecule has 74 valence electrons. The average molecular weight is 255 g/mol. The van der Waals surface area contributed by atoms with Crippen LogP contribution >= 0.6 is 15.9 Å². The third-order valence-electron chi connectivity index (χ3n) is 1.69. The van der Waals surface area contributed by atoms with Crippen LogP contribution in [-0.2, 0) is 9.53 Å². The predicted molar refractivity (Wildman–Crippen MR) is 59.8 cm³/mol. The molecule has 0 aliphatic rings. The zero-order valence-electron chi connectivity index (χ0n) is 7.87. The maximum Gasteiger partial charge on any atom is 0.309 e. The summed E-state index contributed by atoms with van der Waals surface area (Å²) in [6.45, 7) is 0. The van der Waals surface area contributed by atoms with E-state index in [1.807, 2.05) is 30.3 Å². The van der Waals surface area contributed by atoms with Crippen LogP contribution in [0.4, 0.5) is 0 Å². The van der Waals surface area contributed by atoms with Gasteiger partial charge in [-0.05, 0) is 17.7 Å². The lowest BCUT2D eigenvalue weighted by molar-refractivity contribution is -0.139. The average Bonchev–Trinajstić information content (AvgIpc) is 2.21. The Balaban J connectivity index is 2.52. The van der Waals surface area contributed by atoms with E-state index in [0.717, 1.165) is 10.0 Å². The zero-order valence-corrected chi connectivity index (χ0v) is 9.45.